The highest BCUT2D eigenvalue weighted by Gasteiger charge is 2.22. The van der Waals surface area contributed by atoms with Crippen LogP contribution in [0.4, 0.5) is 0 Å². The molecule has 0 spiro atoms. The van der Waals surface area contributed by atoms with Crippen LogP contribution in [0.2, 0.25) is 0 Å². The van der Waals surface area contributed by atoms with E-state index in [1.54, 1.807) is 0 Å². The molecule has 74 valence electrons. The quantitative estimate of drug-likeness (QED) is 0.698. The van der Waals surface area contributed by atoms with E-state index in [4.69, 9.17) is 0 Å². The molecule has 1 aromatic heterocycles. The summed E-state index contributed by atoms with van der Waals surface area (Å²) in [6.07, 6.45) is 8.32. The Labute approximate surface area is 82.9 Å². The Balaban J connectivity index is 1.72. The van der Waals surface area contributed by atoms with E-state index in [-0.39, 0.29) is 0 Å². The standard InChI is InChI=1S/C11H15N3/c1-2-8(1)7-13-10-4-3-9-5-6-12-11(9)14-10/h3,5-6,8,10,13H,1-2,4,7H2,(H,12,14). The summed E-state index contributed by atoms with van der Waals surface area (Å²) >= 11 is 0. The zero-order valence-corrected chi connectivity index (χ0v) is 8.16. The first-order valence-electron chi connectivity index (χ1n) is 5.36. The van der Waals surface area contributed by atoms with Crippen molar-refractivity contribution in [2.45, 2.75) is 25.4 Å². The van der Waals surface area contributed by atoms with Crippen LogP contribution in [0.1, 0.15) is 19.3 Å². The van der Waals surface area contributed by atoms with Crippen molar-refractivity contribution in [2.75, 3.05) is 6.54 Å². The minimum atomic E-state index is 0.293. The summed E-state index contributed by atoms with van der Waals surface area (Å²) in [4.78, 5) is 7.76. The fourth-order valence-electron chi connectivity index (χ4n) is 1.85. The van der Waals surface area contributed by atoms with E-state index in [0.29, 0.717) is 6.17 Å². The highest BCUT2D eigenvalue weighted by Crippen LogP contribution is 2.27. The van der Waals surface area contributed by atoms with Crippen molar-refractivity contribution in [3.05, 3.63) is 23.0 Å². The Morgan fingerprint density at radius 2 is 2.43 bits per heavy atom. The van der Waals surface area contributed by atoms with Gasteiger partial charge in [0.25, 0.3) is 0 Å². The normalized spacial score (nSPS) is 25.0. The SMILES string of the molecule is C1=c2cc[nH]c2=NC(NCC2CC2)C1. The van der Waals surface area contributed by atoms with Crippen molar-refractivity contribution >= 4 is 6.08 Å². The molecule has 3 nitrogen and oxygen atoms in total. The van der Waals surface area contributed by atoms with Crippen LogP contribution in [0, 0.1) is 5.92 Å². The molecule has 3 rings (SSSR count). The Bertz CT molecular complexity index is 428. The number of nitrogens with one attached hydrogen (secondary N) is 2. The first kappa shape index (κ1) is 8.24. The third-order valence-electron chi connectivity index (χ3n) is 2.94. The van der Waals surface area contributed by atoms with Gasteiger partial charge in [-0.05, 0) is 31.4 Å². The zero-order valence-electron chi connectivity index (χ0n) is 8.16. The molecule has 1 aromatic rings. The molecule has 1 aliphatic heterocycles. The van der Waals surface area contributed by atoms with E-state index in [2.05, 4.69) is 27.4 Å². The van der Waals surface area contributed by atoms with Gasteiger partial charge in [-0.2, -0.15) is 0 Å². The van der Waals surface area contributed by atoms with Crippen LogP contribution in [-0.4, -0.2) is 17.7 Å². The van der Waals surface area contributed by atoms with Gasteiger partial charge in [0.1, 0.15) is 11.7 Å². The van der Waals surface area contributed by atoms with Crippen LogP contribution in [0.3, 0.4) is 0 Å². The third-order valence-corrected chi connectivity index (χ3v) is 2.94. The molecule has 1 unspecified atom stereocenters. The Hall–Kier alpha value is -1.09. The van der Waals surface area contributed by atoms with Gasteiger partial charge in [0.05, 0.1) is 0 Å². The number of H-pyrrole nitrogens is 1. The van der Waals surface area contributed by atoms with E-state index in [1.165, 1.54) is 18.1 Å². The number of aromatic amines is 1. The van der Waals surface area contributed by atoms with E-state index in [0.717, 1.165) is 24.4 Å². The van der Waals surface area contributed by atoms with Crippen molar-refractivity contribution < 1.29 is 0 Å². The number of fused-ring (bicyclic) bond motifs is 1. The van der Waals surface area contributed by atoms with Gasteiger partial charge in [0, 0.05) is 17.8 Å². The largest absolute Gasteiger partial charge is 0.346 e. The fourth-order valence-corrected chi connectivity index (χ4v) is 1.85. The number of nitrogens with zero attached hydrogens (tertiary/aromatic N) is 1. The summed E-state index contributed by atoms with van der Waals surface area (Å²) in [6.45, 7) is 1.14. The van der Waals surface area contributed by atoms with Gasteiger partial charge < -0.3 is 4.98 Å². The number of rotatable bonds is 3. The molecule has 1 aliphatic carbocycles. The molecule has 1 saturated carbocycles. The first-order chi connectivity index (χ1) is 6.92. The molecule has 0 amide bonds. The topological polar surface area (TPSA) is 40.2 Å². The lowest BCUT2D eigenvalue weighted by atomic mass is 10.2. The molecule has 2 aliphatic rings. The second-order valence-electron chi connectivity index (χ2n) is 4.22. The lowest BCUT2D eigenvalue weighted by molar-refractivity contribution is 0.507. The number of aromatic nitrogens is 1. The van der Waals surface area contributed by atoms with E-state index < -0.39 is 0 Å². The van der Waals surface area contributed by atoms with Crippen molar-refractivity contribution in [3.63, 3.8) is 0 Å². The number of hydrogen-bond acceptors (Lipinski definition) is 2. The molecule has 0 radical (unpaired) electrons. The fraction of sp³-hybridized carbons (Fsp3) is 0.545. The first-order valence-corrected chi connectivity index (χ1v) is 5.36. The maximum atomic E-state index is 4.61. The van der Waals surface area contributed by atoms with Crippen LogP contribution in [0.15, 0.2) is 17.3 Å². The van der Waals surface area contributed by atoms with E-state index in [1.807, 2.05) is 6.20 Å². The predicted octanol–water partition coefficient (Wildman–Crippen LogP) is 0.144. The molecular formula is C11H15N3. The van der Waals surface area contributed by atoms with Gasteiger partial charge in [0.2, 0.25) is 0 Å². The lowest BCUT2D eigenvalue weighted by Gasteiger charge is -2.13. The van der Waals surface area contributed by atoms with Gasteiger partial charge in [-0.1, -0.05) is 6.08 Å². The van der Waals surface area contributed by atoms with Crippen molar-refractivity contribution in [1.29, 1.82) is 0 Å². The predicted molar refractivity (Wildman–Crippen MR) is 55.2 cm³/mol. The molecule has 1 atom stereocenters. The van der Waals surface area contributed by atoms with Crippen molar-refractivity contribution in [1.82, 2.24) is 10.3 Å². The highest BCUT2D eigenvalue weighted by atomic mass is 15.1. The van der Waals surface area contributed by atoms with Gasteiger partial charge in [0.15, 0.2) is 0 Å². The molecule has 0 saturated heterocycles. The second kappa shape index (κ2) is 3.24. The van der Waals surface area contributed by atoms with Gasteiger partial charge >= 0.3 is 0 Å². The summed E-state index contributed by atoms with van der Waals surface area (Å²) in [5.74, 6) is 0.926. The molecule has 2 N–H and O–H groups in total. The van der Waals surface area contributed by atoms with Crippen LogP contribution >= 0.6 is 0 Å². The van der Waals surface area contributed by atoms with Gasteiger partial charge in [-0.3, -0.25) is 5.32 Å². The molecule has 2 heterocycles. The monoisotopic (exact) mass is 189 g/mol. The Kier molecular flexibility index (Phi) is 1.91. The summed E-state index contributed by atoms with van der Waals surface area (Å²) in [5.41, 5.74) is 1.03. The maximum Gasteiger partial charge on any atom is 0.133 e. The maximum absolute atomic E-state index is 4.61. The average molecular weight is 189 g/mol. The average Bonchev–Trinajstić information content (AvgIpc) is 2.92. The smallest absolute Gasteiger partial charge is 0.133 e. The van der Waals surface area contributed by atoms with Crippen LogP contribution < -0.4 is 16.0 Å². The molecule has 14 heavy (non-hydrogen) atoms. The molecule has 3 heteroatoms. The van der Waals surface area contributed by atoms with E-state index >= 15 is 0 Å². The molecular weight excluding hydrogens is 174 g/mol. The minimum Gasteiger partial charge on any atom is -0.346 e. The Morgan fingerprint density at radius 1 is 1.50 bits per heavy atom. The third kappa shape index (κ3) is 1.60. The van der Waals surface area contributed by atoms with Crippen LogP contribution in [-0.2, 0) is 0 Å². The highest BCUT2D eigenvalue weighted by molar-refractivity contribution is 5.24. The Morgan fingerprint density at radius 3 is 3.29 bits per heavy atom. The van der Waals surface area contributed by atoms with E-state index in [9.17, 15) is 0 Å². The lowest BCUT2D eigenvalue weighted by Crippen LogP contribution is -2.37. The summed E-state index contributed by atoms with van der Waals surface area (Å²) in [7, 11) is 0. The number of hydrogen-bond donors (Lipinski definition) is 2. The molecule has 0 aromatic carbocycles. The van der Waals surface area contributed by atoms with Gasteiger partial charge in [-0.25, -0.2) is 4.99 Å². The van der Waals surface area contributed by atoms with Gasteiger partial charge in [-0.15, -0.1) is 0 Å². The molecule has 0 bridgehead atoms. The minimum absolute atomic E-state index is 0.293. The van der Waals surface area contributed by atoms with Crippen molar-refractivity contribution in [3.8, 4) is 0 Å². The molecule has 1 fully saturated rings. The summed E-state index contributed by atoms with van der Waals surface area (Å²) in [6, 6.07) is 2.08. The second-order valence-corrected chi connectivity index (χ2v) is 4.22. The van der Waals surface area contributed by atoms with Crippen LogP contribution in [0.5, 0.6) is 0 Å². The van der Waals surface area contributed by atoms with Crippen LogP contribution in [0.25, 0.3) is 6.08 Å². The van der Waals surface area contributed by atoms with Crippen molar-refractivity contribution in [2.24, 2.45) is 10.9 Å². The summed E-state index contributed by atoms with van der Waals surface area (Å²) < 4.78 is 0. The summed E-state index contributed by atoms with van der Waals surface area (Å²) in [5, 5.41) is 4.74. The zero-order chi connectivity index (χ0) is 9.38.